The van der Waals surface area contributed by atoms with Gasteiger partial charge >= 0.3 is 0 Å². The summed E-state index contributed by atoms with van der Waals surface area (Å²) >= 11 is 0. The van der Waals surface area contributed by atoms with Gasteiger partial charge in [0.15, 0.2) is 0 Å². The summed E-state index contributed by atoms with van der Waals surface area (Å²) in [5.41, 5.74) is 1.09. The van der Waals surface area contributed by atoms with Crippen molar-refractivity contribution in [2.24, 2.45) is 0 Å². The molecule has 1 aromatic rings. The standard InChI is InChI=1S/C15H20FNO/c1-2-8-17-13-10-15(6-3-7-15)18-14-9-11(16)4-5-12(13)14/h4-5,9,13,17H,2-3,6-8,10H2,1H3. The Balaban J connectivity index is 1.90. The molecule has 1 saturated carbocycles. The monoisotopic (exact) mass is 249 g/mol. The predicted octanol–water partition coefficient (Wildman–Crippen LogP) is 3.57. The van der Waals surface area contributed by atoms with Crippen LogP contribution < -0.4 is 10.1 Å². The summed E-state index contributed by atoms with van der Waals surface area (Å²) in [5.74, 6) is 0.536. The van der Waals surface area contributed by atoms with Gasteiger partial charge in [-0.2, -0.15) is 0 Å². The molecule has 18 heavy (non-hydrogen) atoms. The van der Waals surface area contributed by atoms with Crippen molar-refractivity contribution in [1.29, 1.82) is 0 Å². The molecule has 3 rings (SSSR count). The Morgan fingerprint density at radius 3 is 2.94 bits per heavy atom. The summed E-state index contributed by atoms with van der Waals surface area (Å²) in [6.45, 7) is 3.16. The molecule has 1 aliphatic carbocycles. The maximum atomic E-state index is 13.3. The molecule has 1 unspecified atom stereocenters. The molecular weight excluding hydrogens is 229 g/mol. The van der Waals surface area contributed by atoms with E-state index in [0.29, 0.717) is 6.04 Å². The van der Waals surface area contributed by atoms with Crippen LogP contribution in [0.15, 0.2) is 18.2 Å². The molecule has 1 atom stereocenters. The van der Waals surface area contributed by atoms with E-state index < -0.39 is 0 Å². The topological polar surface area (TPSA) is 21.3 Å². The second-order valence-electron chi connectivity index (χ2n) is 5.53. The molecule has 2 nitrogen and oxygen atoms in total. The van der Waals surface area contributed by atoms with Crippen LogP contribution in [0.1, 0.15) is 50.6 Å². The molecule has 0 saturated heterocycles. The fourth-order valence-electron chi connectivity index (χ4n) is 3.02. The van der Waals surface area contributed by atoms with Gasteiger partial charge in [0, 0.05) is 24.1 Å². The van der Waals surface area contributed by atoms with Gasteiger partial charge < -0.3 is 10.1 Å². The zero-order valence-electron chi connectivity index (χ0n) is 10.8. The lowest BCUT2D eigenvalue weighted by atomic mass is 9.73. The van der Waals surface area contributed by atoms with Crippen LogP contribution in [0.5, 0.6) is 5.75 Å². The van der Waals surface area contributed by atoms with Crippen LogP contribution >= 0.6 is 0 Å². The van der Waals surface area contributed by atoms with Gasteiger partial charge in [-0.15, -0.1) is 0 Å². The number of ether oxygens (including phenoxy) is 1. The maximum Gasteiger partial charge on any atom is 0.127 e. The highest BCUT2D eigenvalue weighted by atomic mass is 19.1. The minimum atomic E-state index is -0.209. The van der Waals surface area contributed by atoms with Crippen LogP contribution in [-0.4, -0.2) is 12.1 Å². The third kappa shape index (κ3) is 2.01. The Labute approximate surface area is 108 Å². The van der Waals surface area contributed by atoms with Crippen molar-refractivity contribution < 1.29 is 9.13 Å². The Hall–Kier alpha value is -1.09. The first-order chi connectivity index (χ1) is 8.72. The van der Waals surface area contributed by atoms with Crippen molar-refractivity contribution in [1.82, 2.24) is 5.32 Å². The summed E-state index contributed by atoms with van der Waals surface area (Å²) in [6, 6.07) is 5.25. The molecule has 0 bridgehead atoms. The summed E-state index contributed by atoms with van der Waals surface area (Å²) in [7, 11) is 0. The number of fused-ring (bicyclic) bond motifs is 1. The largest absolute Gasteiger partial charge is 0.487 e. The molecule has 0 radical (unpaired) electrons. The molecule has 1 fully saturated rings. The Kier molecular flexibility index (Phi) is 3.02. The molecule has 0 amide bonds. The van der Waals surface area contributed by atoms with E-state index in [1.165, 1.54) is 18.6 Å². The molecule has 98 valence electrons. The Bertz CT molecular complexity index is 442. The maximum absolute atomic E-state index is 13.3. The SMILES string of the molecule is CCCNC1CC2(CCC2)Oc2cc(F)ccc21. The number of hydrogen-bond donors (Lipinski definition) is 1. The number of rotatable bonds is 3. The van der Waals surface area contributed by atoms with Crippen molar-refractivity contribution >= 4 is 0 Å². The van der Waals surface area contributed by atoms with Crippen LogP contribution in [0.2, 0.25) is 0 Å². The van der Waals surface area contributed by atoms with Gasteiger partial charge in [-0.1, -0.05) is 13.0 Å². The van der Waals surface area contributed by atoms with Gasteiger partial charge in [0.1, 0.15) is 17.2 Å². The smallest absolute Gasteiger partial charge is 0.127 e. The molecule has 1 heterocycles. The van der Waals surface area contributed by atoms with E-state index in [9.17, 15) is 4.39 Å². The van der Waals surface area contributed by atoms with Crippen LogP contribution in [0, 0.1) is 5.82 Å². The minimum absolute atomic E-state index is 0.0216. The molecular formula is C15H20FNO. The Morgan fingerprint density at radius 1 is 1.44 bits per heavy atom. The lowest BCUT2D eigenvalue weighted by Gasteiger charge is -2.48. The summed E-state index contributed by atoms with van der Waals surface area (Å²) in [5, 5.41) is 3.57. The van der Waals surface area contributed by atoms with Gasteiger partial charge in [-0.05, 0) is 38.3 Å². The van der Waals surface area contributed by atoms with E-state index in [-0.39, 0.29) is 11.4 Å². The van der Waals surface area contributed by atoms with Crippen molar-refractivity contribution in [2.45, 2.75) is 50.7 Å². The van der Waals surface area contributed by atoms with Gasteiger partial charge in [-0.3, -0.25) is 0 Å². The third-order valence-corrected chi connectivity index (χ3v) is 4.16. The summed E-state index contributed by atoms with van der Waals surface area (Å²) in [4.78, 5) is 0. The highest BCUT2D eigenvalue weighted by Gasteiger charge is 2.45. The quantitative estimate of drug-likeness (QED) is 0.884. The molecule has 3 heteroatoms. The van der Waals surface area contributed by atoms with Crippen LogP contribution in [-0.2, 0) is 0 Å². The van der Waals surface area contributed by atoms with E-state index in [4.69, 9.17) is 4.74 Å². The van der Waals surface area contributed by atoms with Gasteiger partial charge in [0.05, 0.1) is 0 Å². The van der Waals surface area contributed by atoms with Crippen molar-refractivity contribution in [3.8, 4) is 5.75 Å². The second kappa shape index (κ2) is 4.54. The van der Waals surface area contributed by atoms with Crippen molar-refractivity contribution in [2.75, 3.05) is 6.54 Å². The number of benzene rings is 1. The normalized spacial score (nSPS) is 24.2. The van der Waals surface area contributed by atoms with Gasteiger partial charge in [0.25, 0.3) is 0 Å². The van der Waals surface area contributed by atoms with E-state index in [0.717, 1.165) is 43.5 Å². The average molecular weight is 249 g/mol. The van der Waals surface area contributed by atoms with Crippen LogP contribution in [0.3, 0.4) is 0 Å². The highest BCUT2D eigenvalue weighted by Crippen LogP contribution is 2.48. The molecule has 1 N–H and O–H groups in total. The summed E-state index contributed by atoms with van der Waals surface area (Å²) < 4.78 is 19.4. The lowest BCUT2D eigenvalue weighted by Crippen LogP contribution is -2.49. The number of halogens is 1. The lowest BCUT2D eigenvalue weighted by molar-refractivity contribution is -0.0370. The number of hydrogen-bond acceptors (Lipinski definition) is 2. The van der Waals surface area contributed by atoms with Crippen molar-refractivity contribution in [3.63, 3.8) is 0 Å². The first-order valence-electron chi connectivity index (χ1n) is 6.94. The highest BCUT2D eigenvalue weighted by molar-refractivity contribution is 5.40. The minimum Gasteiger partial charge on any atom is -0.487 e. The van der Waals surface area contributed by atoms with Crippen LogP contribution in [0.4, 0.5) is 4.39 Å². The molecule has 1 spiro atoms. The molecule has 2 aliphatic rings. The fourth-order valence-corrected chi connectivity index (χ4v) is 3.02. The third-order valence-electron chi connectivity index (χ3n) is 4.16. The molecule has 1 aliphatic heterocycles. The van der Waals surface area contributed by atoms with Gasteiger partial charge in [0.2, 0.25) is 0 Å². The first-order valence-corrected chi connectivity index (χ1v) is 6.94. The zero-order valence-corrected chi connectivity index (χ0v) is 10.8. The van der Waals surface area contributed by atoms with E-state index in [1.807, 2.05) is 6.07 Å². The second-order valence-corrected chi connectivity index (χ2v) is 5.53. The molecule has 0 aromatic heterocycles. The number of nitrogens with one attached hydrogen (secondary N) is 1. The van der Waals surface area contributed by atoms with Gasteiger partial charge in [-0.25, -0.2) is 4.39 Å². The van der Waals surface area contributed by atoms with Crippen LogP contribution in [0.25, 0.3) is 0 Å². The predicted molar refractivity (Wildman–Crippen MR) is 69.3 cm³/mol. The zero-order chi connectivity index (χ0) is 12.6. The van der Waals surface area contributed by atoms with E-state index >= 15 is 0 Å². The fraction of sp³-hybridized carbons (Fsp3) is 0.600. The summed E-state index contributed by atoms with van der Waals surface area (Å²) in [6.07, 6.45) is 5.57. The van der Waals surface area contributed by atoms with E-state index in [1.54, 1.807) is 0 Å². The first kappa shape index (κ1) is 12.0. The molecule has 1 aromatic carbocycles. The van der Waals surface area contributed by atoms with Crippen molar-refractivity contribution in [3.05, 3.63) is 29.6 Å². The van der Waals surface area contributed by atoms with E-state index in [2.05, 4.69) is 12.2 Å². The average Bonchev–Trinajstić information content (AvgIpc) is 2.33. The Morgan fingerprint density at radius 2 is 2.28 bits per heavy atom.